The molecule has 3 aromatic rings. The third-order valence-corrected chi connectivity index (χ3v) is 5.39. The summed E-state index contributed by atoms with van der Waals surface area (Å²) in [6, 6.07) is 16.3. The van der Waals surface area contributed by atoms with Gasteiger partial charge in [0.1, 0.15) is 17.9 Å². The van der Waals surface area contributed by atoms with E-state index < -0.39 is 0 Å². The fraction of sp³-hybridized carbons (Fsp3) is 0.182. The summed E-state index contributed by atoms with van der Waals surface area (Å²) in [6.45, 7) is 2.78. The highest BCUT2D eigenvalue weighted by molar-refractivity contribution is 7.09. The van der Waals surface area contributed by atoms with Crippen molar-refractivity contribution in [1.82, 2.24) is 4.57 Å². The molecule has 0 aliphatic rings. The zero-order chi connectivity index (χ0) is 21.3. The minimum atomic E-state index is -0.259. The predicted octanol–water partition coefficient (Wildman–Crippen LogP) is 3.70. The SMILES string of the molecule is Cc1c(Cn2ccc(OCCc3cccs3)cc2=O)cccc1NN=C(C#N)C#N. The van der Waals surface area contributed by atoms with E-state index in [1.807, 2.05) is 30.5 Å². The Morgan fingerprint density at radius 1 is 1.23 bits per heavy atom. The molecule has 8 heteroatoms. The first-order chi connectivity index (χ1) is 14.6. The van der Waals surface area contributed by atoms with Crippen LogP contribution < -0.4 is 15.7 Å². The van der Waals surface area contributed by atoms with E-state index in [9.17, 15) is 4.79 Å². The molecule has 3 rings (SSSR count). The van der Waals surface area contributed by atoms with Crippen molar-refractivity contribution < 1.29 is 4.74 Å². The zero-order valence-corrected chi connectivity index (χ0v) is 17.1. The smallest absolute Gasteiger partial charge is 0.254 e. The van der Waals surface area contributed by atoms with Crippen molar-refractivity contribution in [2.75, 3.05) is 12.0 Å². The summed E-state index contributed by atoms with van der Waals surface area (Å²) in [5.41, 5.74) is 4.77. The molecule has 0 spiro atoms. The number of aromatic nitrogens is 1. The van der Waals surface area contributed by atoms with E-state index in [2.05, 4.69) is 16.6 Å². The molecule has 2 heterocycles. The second-order valence-electron chi connectivity index (χ2n) is 6.39. The molecule has 0 fully saturated rings. The van der Waals surface area contributed by atoms with Crippen molar-refractivity contribution in [1.29, 1.82) is 10.5 Å². The van der Waals surface area contributed by atoms with Gasteiger partial charge in [-0.25, -0.2) is 0 Å². The van der Waals surface area contributed by atoms with Crippen molar-refractivity contribution in [3.63, 3.8) is 0 Å². The number of thiophene rings is 1. The first kappa shape index (κ1) is 20.8. The number of nitrogens with zero attached hydrogens (tertiary/aromatic N) is 4. The Hall–Kier alpha value is -3.88. The number of pyridine rings is 1. The summed E-state index contributed by atoms with van der Waals surface area (Å²) >= 11 is 1.68. The molecule has 0 unspecified atom stereocenters. The fourth-order valence-electron chi connectivity index (χ4n) is 2.78. The molecule has 0 amide bonds. The van der Waals surface area contributed by atoms with Crippen LogP contribution in [0.4, 0.5) is 5.69 Å². The van der Waals surface area contributed by atoms with E-state index in [0.29, 0.717) is 24.6 Å². The lowest BCUT2D eigenvalue weighted by molar-refractivity contribution is 0.321. The average Bonchev–Trinajstić information content (AvgIpc) is 3.26. The normalized spacial score (nSPS) is 9.97. The van der Waals surface area contributed by atoms with Crippen LogP contribution in [-0.2, 0) is 13.0 Å². The van der Waals surface area contributed by atoms with Crippen LogP contribution in [0.25, 0.3) is 0 Å². The van der Waals surface area contributed by atoms with E-state index >= 15 is 0 Å². The number of rotatable bonds is 8. The molecule has 0 atom stereocenters. The lowest BCUT2D eigenvalue weighted by atomic mass is 10.1. The predicted molar refractivity (Wildman–Crippen MR) is 117 cm³/mol. The molecular weight excluding hydrogens is 398 g/mol. The molecule has 150 valence electrons. The van der Waals surface area contributed by atoms with Crippen LogP contribution in [0.15, 0.2) is 63.9 Å². The maximum Gasteiger partial charge on any atom is 0.254 e. The Morgan fingerprint density at radius 3 is 2.77 bits per heavy atom. The van der Waals surface area contributed by atoms with Gasteiger partial charge >= 0.3 is 0 Å². The minimum Gasteiger partial charge on any atom is -0.493 e. The summed E-state index contributed by atoms with van der Waals surface area (Å²) in [4.78, 5) is 13.7. The third kappa shape index (κ3) is 5.34. The minimum absolute atomic E-state index is 0.157. The fourth-order valence-corrected chi connectivity index (χ4v) is 3.48. The quantitative estimate of drug-likeness (QED) is 0.445. The molecule has 0 saturated carbocycles. The van der Waals surface area contributed by atoms with E-state index in [1.54, 1.807) is 46.4 Å². The van der Waals surface area contributed by atoms with Gasteiger partial charge in [0.2, 0.25) is 5.71 Å². The number of hydrogen-bond acceptors (Lipinski definition) is 7. The van der Waals surface area contributed by atoms with Gasteiger partial charge in [-0.3, -0.25) is 10.2 Å². The topological polar surface area (TPSA) is 103 Å². The first-order valence-electron chi connectivity index (χ1n) is 9.19. The number of ether oxygens (including phenoxy) is 1. The second kappa shape index (κ2) is 10.1. The number of hydrazone groups is 1. The van der Waals surface area contributed by atoms with Crippen molar-refractivity contribution in [3.05, 3.63) is 80.4 Å². The molecule has 0 radical (unpaired) electrons. The maximum absolute atomic E-state index is 12.5. The largest absolute Gasteiger partial charge is 0.493 e. The molecule has 1 aromatic carbocycles. The third-order valence-electron chi connectivity index (χ3n) is 4.45. The highest BCUT2D eigenvalue weighted by atomic mass is 32.1. The lowest BCUT2D eigenvalue weighted by Crippen LogP contribution is -2.20. The Bertz CT molecular complexity index is 1170. The maximum atomic E-state index is 12.5. The number of hydrogen-bond donors (Lipinski definition) is 1. The van der Waals surface area contributed by atoms with Gasteiger partial charge in [0, 0.05) is 23.6 Å². The van der Waals surface area contributed by atoms with Crippen LogP contribution in [0.1, 0.15) is 16.0 Å². The van der Waals surface area contributed by atoms with Gasteiger partial charge < -0.3 is 9.30 Å². The summed E-state index contributed by atoms with van der Waals surface area (Å²) in [5.74, 6) is 0.551. The van der Waals surface area contributed by atoms with Crippen molar-refractivity contribution in [2.45, 2.75) is 19.9 Å². The molecule has 2 aromatic heterocycles. The Kier molecular flexibility index (Phi) is 6.99. The molecule has 7 nitrogen and oxygen atoms in total. The molecule has 0 aliphatic heterocycles. The first-order valence-corrected chi connectivity index (χ1v) is 10.1. The van der Waals surface area contributed by atoms with Crippen LogP contribution >= 0.6 is 11.3 Å². The van der Waals surface area contributed by atoms with Gasteiger partial charge in [0.05, 0.1) is 18.8 Å². The van der Waals surface area contributed by atoms with E-state index in [0.717, 1.165) is 17.5 Å². The summed E-state index contributed by atoms with van der Waals surface area (Å²) in [5, 5.41) is 23.4. The molecule has 0 saturated heterocycles. The Morgan fingerprint density at radius 2 is 2.07 bits per heavy atom. The zero-order valence-electron chi connectivity index (χ0n) is 16.3. The number of benzene rings is 1. The van der Waals surface area contributed by atoms with Crippen LogP contribution in [0.5, 0.6) is 5.75 Å². The standard InChI is InChI=1S/C22H19N5O2S/c1-16-17(4-2-6-21(16)26-25-18(13-23)14-24)15-27-9-7-19(12-22(27)28)29-10-8-20-5-3-11-30-20/h2-7,9,11-12,26H,8,10,15H2,1H3. The second-order valence-corrected chi connectivity index (χ2v) is 7.42. The highest BCUT2D eigenvalue weighted by Crippen LogP contribution is 2.20. The van der Waals surface area contributed by atoms with E-state index in [1.165, 1.54) is 10.9 Å². The van der Waals surface area contributed by atoms with Crippen LogP contribution in [0.2, 0.25) is 0 Å². The van der Waals surface area contributed by atoms with Gasteiger partial charge in [-0.15, -0.1) is 11.3 Å². The van der Waals surface area contributed by atoms with E-state index in [-0.39, 0.29) is 11.3 Å². The van der Waals surface area contributed by atoms with Crippen LogP contribution in [0, 0.1) is 29.6 Å². The average molecular weight is 417 g/mol. The Labute approximate surface area is 178 Å². The molecule has 0 bridgehead atoms. The van der Waals surface area contributed by atoms with Crippen LogP contribution in [-0.4, -0.2) is 16.9 Å². The Balaban J connectivity index is 1.68. The van der Waals surface area contributed by atoms with Gasteiger partial charge in [-0.1, -0.05) is 18.2 Å². The van der Waals surface area contributed by atoms with Crippen molar-refractivity contribution in [2.24, 2.45) is 5.10 Å². The molecule has 0 aliphatic carbocycles. The highest BCUT2D eigenvalue weighted by Gasteiger charge is 2.07. The van der Waals surface area contributed by atoms with E-state index in [4.69, 9.17) is 15.3 Å². The van der Waals surface area contributed by atoms with Gasteiger partial charge in [-0.2, -0.15) is 15.6 Å². The molecule has 30 heavy (non-hydrogen) atoms. The summed E-state index contributed by atoms with van der Waals surface area (Å²) in [6.07, 6.45) is 2.52. The van der Waals surface area contributed by atoms with Crippen LogP contribution in [0.3, 0.4) is 0 Å². The number of anilines is 1. The number of nitrogens with one attached hydrogen (secondary N) is 1. The van der Waals surface area contributed by atoms with Crippen molar-refractivity contribution >= 4 is 22.7 Å². The van der Waals surface area contributed by atoms with Gasteiger partial charge in [0.25, 0.3) is 5.56 Å². The van der Waals surface area contributed by atoms with Gasteiger partial charge in [-0.05, 0) is 41.6 Å². The molecule has 1 N–H and O–H groups in total. The van der Waals surface area contributed by atoms with Crippen molar-refractivity contribution in [3.8, 4) is 17.9 Å². The summed E-state index contributed by atoms with van der Waals surface area (Å²) in [7, 11) is 0. The van der Waals surface area contributed by atoms with Gasteiger partial charge in [0.15, 0.2) is 0 Å². The number of nitriles is 2. The summed E-state index contributed by atoms with van der Waals surface area (Å²) < 4.78 is 7.29. The monoisotopic (exact) mass is 417 g/mol. The molecular formula is C22H19N5O2S. The lowest BCUT2D eigenvalue weighted by Gasteiger charge is -2.13.